The molecule has 82 valence electrons. The first-order valence-corrected chi connectivity index (χ1v) is 4.84. The molecule has 0 radical (unpaired) electrons. The third-order valence-electron chi connectivity index (χ3n) is 3.26. The molecule has 5 heteroatoms. The Hall–Kier alpha value is -0.260. The van der Waals surface area contributed by atoms with Gasteiger partial charge in [-0.3, -0.25) is 4.90 Å². The van der Waals surface area contributed by atoms with E-state index in [1.165, 1.54) is 0 Å². The fourth-order valence-electron chi connectivity index (χ4n) is 2.56. The van der Waals surface area contributed by atoms with E-state index in [4.69, 9.17) is 4.74 Å². The van der Waals surface area contributed by atoms with Crippen LogP contribution in [0.4, 0.5) is 8.78 Å². The maximum atomic E-state index is 12.0. The van der Waals surface area contributed by atoms with Crippen LogP contribution in [-0.4, -0.2) is 50.0 Å². The highest BCUT2D eigenvalue weighted by molar-refractivity contribution is 5.07. The molecule has 0 aliphatic carbocycles. The van der Waals surface area contributed by atoms with Gasteiger partial charge in [-0.05, 0) is 12.8 Å². The van der Waals surface area contributed by atoms with Gasteiger partial charge in [-0.15, -0.1) is 0 Å². The van der Waals surface area contributed by atoms with E-state index in [1.54, 1.807) is 7.11 Å². The predicted molar refractivity (Wildman–Crippen MR) is 46.3 cm³/mol. The first-order valence-electron chi connectivity index (χ1n) is 4.84. The Morgan fingerprint density at radius 1 is 1.57 bits per heavy atom. The summed E-state index contributed by atoms with van der Waals surface area (Å²) in [4.78, 5) is 2.18. The molecule has 0 N–H and O–H groups in total. The maximum absolute atomic E-state index is 12.0. The molecule has 0 spiro atoms. The zero-order valence-corrected chi connectivity index (χ0v) is 8.21. The van der Waals surface area contributed by atoms with Crippen molar-refractivity contribution in [3.8, 4) is 0 Å². The third kappa shape index (κ3) is 1.64. The van der Waals surface area contributed by atoms with E-state index < -0.39 is 6.61 Å². The van der Waals surface area contributed by atoms with Crippen molar-refractivity contribution < 1.29 is 18.3 Å². The number of methoxy groups -OCH3 is 1. The van der Waals surface area contributed by atoms with Gasteiger partial charge in [0, 0.05) is 25.7 Å². The van der Waals surface area contributed by atoms with Gasteiger partial charge in [0.25, 0.3) is 0 Å². The summed E-state index contributed by atoms with van der Waals surface area (Å²) in [7, 11) is 1.65. The predicted octanol–water partition coefficient (Wildman–Crippen LogP) is 1.09. The first-order chi connectivity index (χ1) is 6.66. The van der Waals surface area contributed by atoms with Crippen LogP contribution in [0.15, 0.2) is 0 Å². The van der Waals surface area contributed by atoms with Crippen LogP contribution in [0.2, 0.25) is 0 Å². The number of halogens is 2. The second-order valence-electron chi connectivity index (χ2n) is 4.08. The van der Waals surface area contributed by atoms with Gasteiger partial charge in [0.1, 0.15) is 0 Å². The van der Waals surface area contributed by atoms with Crippen LogP contribution in [0.3, 0.4) is 0 Å². The van der Waals surface area contributed by atoms with Crippen LogP contribution in [-0.2, 0) is 9.47 Å². The first kappa shape index (κ1) is 10.3. The Bertz CT molecular complexity index is 215. The summed E-state index contributed by atoms with van der Waals surface area (Å²) < 4.78 is 33.7. The SMILES string of the molecule is COC[C@]12CCN1C[C@H](OC(F)F)C2. The number of nitrogens with zero attached hydrogens (tertiary/aromatic N) is 1. The van der Waals surface area contributed by atoms with E-state index in [-0.39, 0.29) is 11.6 Å². The van der Waals surface area contributed by atoms with Gasteiger partial charge in [0.15, 0.2) is 0 Å². The monoisotopic (exact) mass is 207 g/mol. The highest BCUT2D eigenvalue weighted by atomic mass is 19.3. The molecule has 2 saturated heterocycles. The summed E-state index contributed by atoms with van der Waals surface area (Å²) in [6.07, 6.45) is 1.38. The van der Waals surface area contributed by atoms with E-state index >= 15 is 0 Å². The molecule has 2 aliphatic heterocycles. The van der Waals surface area contributed by atoms with Gasteiger partial charge >= 0.3 is 6.61 Å². The minimum Gasteiger partial charge on any atom is -0.383 e. The summed E-state index contributed by atoms with van der Waals surface area (Å²) in [5, 5.41) is 0. The normalized spacial score (nSPS) is 37.3. The molecule has 0 saturated carbocycles. The van der Waals surface area contributed by atoms with E-state index in [2.05, 4.69) is 9.64 Å². The van der Waals surface area contributed by atoms with Crippen molar-refractivity contribution in [3.05, 3.63) is 0 Å². The molecule has 2 atom stereocenters. The summed E-state index contributed by atoms with van der Waals surface area (Å²) in [5.41, 5.74) is -0.00565. The lowest BCUT2D eigenvalue weighted by atomic mass is 9.85. The van der Waals surface area contributed by atoms with Crippen molar-refractivity contribution in [2.24, 2.45) is 0 Å². The average Bonchev–Trinajstić information content (AvgIpc) is 2.29. The average molecular weight is 207 g/mol. The molecular formula is C9H15F2NO2. The van der Waals surface area contributed by atoms with Crippen LogP contribution in [0.25, 0.3) is 0 Å². The van der Waals surface area contributed by atoms with Crippen LogP contribution < -0.4 is 0 Å². The molecule has 0 bridgehead atoms. The quantitative estimate of drug-likeness (QED) is 0.688. The summed E-state index contributed by atoms with van der Waals surface area (Å²) in [5.74, 6) is 0. The Balaban J connectivity index is 1.91. The minimum atomic E-state index is -2.65. The lowest BCUT2D eigenvalue weighted by Gasteiger charge is -2.47. The Kier molecular flexibility index (Phi) is 2.72. The molecule has 0 aromatic heterocycles. The summed E-state index contributed by atoms with van der Waals surface area (Å²) in [6.45, 7) is -0.436. The minimum absolute atomic E-state index is 0.00565. The van der Waals surface area contributed by atoms with Gasteiger partial charge in [0.2, 0.25) is 0 Å². The highest BCUT2D eigenvalue weighted by Crippen LogP contribution is 2.41. The molecule has 0 unspecified atom stereocenters. The van der Waals surface area contributed by atoms with E-state index in [0.717, 1.165) is 13.0 Å². The van der Waals surface area contributed by atoms with Gasteiger partial charge in [0.05, 0.1) is 12.7 Å². The van der Waals surface area contributed by atoms with Crippen LogP contribution in [0.5, 0.6) is 0 Å². The number of rotatable bonds is 4. The smallest absolute Gasteiger partial charge is 0.345 e. The number of ether oxygens (including phenoxy) is 2. The van der Waals surface area contributed by atoms with Crippen molar-refractivity contribution in [1.29, 1.82) is 0 Å². The van der Waals surface area contributed by atoms with E-state index in [0.29, 0.717) is 19.6 Å². The zero-order valence-electron chi connectivity index (χ0n) is 8.21. The molecule has 2 rings (SSSR count). The second kappa shape index (κ2) is 3.72. The van der Waals surface area contributed by atoms with Crippen molar-refractivity contribution in [1.82, 2.24) is 4.90 Å². The van der Waals surface area contributed by atoms with Crippen LogP contribution in [0.1, 0.15) is 12.8 Å². The second-order valence-corrected chi connectivity index (χ2v) is 4.08. The number of alkyl halides is 2. The number of hydrogen-bond donors (Lipinski definition) is 0. The fourth-order valence-corrected chi connectivity index (χ4v) is 2.56. The molecule has 0 aromatic rings. The summed E-state index contributed by atoms with van der Waals surface area (Å²) in [6, 6.07) is 0. The maximum Gasteiger partial charge on any atom is 0.345 e. The van der Waals surface area contributed by atoms with Gasteiger partial charge in [-0.2, -0.15) is 8.78 Å². The Morgan fingerprint density at radius 2 is 2.36 bits per heavy atom. The van der Waals surface area contributed by atoms with Crippen molar-refractivity contribution in [2.75, 3.05) is 26.8 Å². The number of fused-ring (bicyclic) bond motifs is 1. The molecule has 2 aliphatic rings. The molecule has 0 aromatic carbocycles. The standard InChI is InChI=1S/C9H15F2NO2/c1-13-6-9-2-3-12(9)5-7(4-9)14-8(10)11/h7-8H,2-6H2,1H3/t7-,9-/m1/s1. The zero-order chi connectivity index (χ0) is 10.2. The molecule has 2 heterocycles. The Morgan fingerprint density at radius 3 is 2.86 bits per heavy atom. The topological polar surface area (TPSA) is 21.7 Å². The largest absolute Gasteiger partial charge is 0.383 e. The number of hydrogen-bond acceptors (Lipinski definition) is 3. The lowest BCUT2D eigenvalue weighted by molar-refractivity contribution is -0.158. The molecule has 2 fully saturated rings. The van der Waals surface area contributed by atoms with Gasteiger partial charge in [-0.25, -0.2) is 0 Å². The van der Waals surface area contributed by atoms with Gasteiger partial charge in [-0.1, -0.05) is 0 Å². The highest BCUT2D eigenvalue weighted by Gasteiger charge is 2.52. The fraction of sp³-hybridized carbons (Fsp3) is 1.00. The van der Waals surface area contributed by atoms with Crippen LogP contribution in [0, 0.1) is 0 Å². The van der Waals surface area contributed by atoms with E-state index in [1.807, 2.05) is 0 Å². The van der Waals surface area contributed by atoms with Crippen LogP contribution >= 0.6 is 0 Å². The van der Waals surface area contributed by atoms with Crippen molar-refractivity contribution >= 4 is 0 Å². The Labute approximate surface area is 82.0 Å². The summed E-state index contributed by atoms with van der Waals surface area (Å²) >= 11 is 0. The molecular weight excluding hydrogens is 192 g/mol. The molecule has 0 amide bonds. The molecule has 3 nitrogen and oxygen atoms in total. The van der Waals surface area contributed by atoms with Gasteiger partial charge < -0.3 is 9.47 Å². The third-order valence-corrected chi connectivity index (χ3v) is 3.26. The van der Waals surface area contributed by atoms with E-state index in [9.17, 15) is 8.78 Å². The lowest BCUT2D eigenvalue weighted by Crippen LogP contribution is -2.58. The molecule has 14 heavy (non-hydrogen) atoms. The van der Waals surface area contributed by atoms with Crippen molar-refractivity contribution in [2.45, 2.75) is 31.1 Å². The van der Waals surface area contributed by atoms with Crippen molar-refractivity contribution in [3.63, 3.8) is 0 Å².